The number of halogens is 8. The molecular formula is C21H19ClF7NO. The van der Waals surface area contributed by atoms with Crippen LogP contribution in [0.3, 0.4) is 0 Å². The fourth-order valence-corrected chi connectivity index (χ4v) is 3.78. The standard InChI is InChI=1S/C19H13ClF7NO.C2H6/c1-9-4-3-5-12-14(9)16(29)28(15(12)20)13-7-6-11(8-10(13)2)17(21,18(22,23)24)19(25,26)27;1-2/h3-8,15H,1-2H3;1-2H3. The van der Waals surface area contributed by atoms with Crippen LogP contribution in [0.2, 0.25) is 0 Å². The Hall–Kier alpha value is -2.29. The first-order valence-corrected chi connectivity index (χ1v) is 9.66. The molecule has 10 heteroatoms. The van der Waals surface area contributed by atoms with Gasteiger partial charge in [0.2, 0.25) is 0 Å². The van der Waals surface area contributed by atoms with Gasteiger partial charge in [0.05, 0.1) is 0 Å². The second-order valence-corrected chi connectivity index (χ2v) is 7.12. The molecule has 1 unspecified atom stereocenters. The Labute approximate surface area is 179 Å². The third-order valence-electron chi connectivity index (χ3n) is 4.86. The maximum absolute atomic E-state index is 14.3. The van der Waals surface area contributed by atoms with Crippen LogP contribution in [-0.4, -0.2) is 18.3 Å². The Kier molecular flexibility index (Phi) is 6.71. The minimum Gasteiger partial charge on any atom is -0.287 e. The lowest BCUT2D eigenvalue weighted by Gasteiger charge is -2.31. The predicted octanol–water partition coefficient (Wildman–Crippen LogP) is 7.52. The number of nitrogens with zero attached hydrogens (tertiary/aromatic N) is 1. The van der Waals surface area contributed by atoms with Crippen molar-refractivity contribution in [1.29, 1.82) is 0 Å². The van der Waals surface area contributed by atoms with E-state index in [0.29, 0.717) is 28.8 Å². The summed E-state index contributed by atoms with van der Waals surface area (Å²) in [4.78, 5) is 13.8. The van der Waals surface area contributed by atoms with Crippen LogP contribution in [0.25, 0.3) is 0 Å². The Morgan fingerprint density at radius 3 is 1.87 bits per heavy atom. The Morgan fingerprint density at radius 2 is 1.42 bits per heavy atom. The Balaban J connectivity index is 0.00000166. The zero-order valence-electron chi connectivity index (χ0n) is 16.9. The molecule has 2 aromatic carbocycles. The van der Waals surface area contributed by atoms with E-state index >= 15 is 0 Å². The van der Waals surface area contributed by atoms with E-state index in [0.717, 1.165) is 11.0 Å². The molecule has 0 aliphatic carbocycles. The molecular weight excluding hydrogens is 451 g/mol. The lowest BCUT2D eigenvalue weighted by atomic mass is 9.92. The number of aryl methyl sites for hydroxylation is 2. The monoisotopic (exact) mass is 469 g/mol. The lowest BCUT2D eigenvalue weighted by molar-refractivity contribution is -0.348. The average Bonchev–Trinajstić information content (AvgIpc) is 2.92. The summed E-state index contributed by atoms with van der Waals surface area (Å²) in [7, 11) is 0. The first-order chi connectivity index (χ1) is 14.2. The van der Waals surface area contributed by atoms with Crippen LogP contribution in [0.1, 0.15) is 52.0 Å². The van der Waals surface area contributed by atoms with E-state index in [2.05, 4.69) is 0 Å². The molecule has 1 atom stereocenters. The van der Waals surface area contributed by atoms with Crippen LogP contribution in [0.15, 0.2) is 36.4 Å². The van der Waals surface area contributed by atoms with Gasteiger partial charge in [-0.25, -0.2) is 4.39 Å². The van der Waals surface area contributed by atoms with Crippen LogP contribution < -0.4 is 4.90 Å². The maximum atomic E-state index is 14.3. The molecule has 0 fully saturated rings. The number of carbonyl (C=O) groups excluding carboxylic acids is 1. The molecule has 0 saturated carbocycles. The fraction of sp³-hybridized carbons (Fsp3) is 0.381. The molecule has 2 aromatic rings. The van der Waals surface area contributed by atoms with Crippen molar-refractivity contribution < 1.29 is 35.5 Å². The van der Waals surface area contributed by atoms with Crippen molar-refractivity contribution in [2.45, 2.75) is 51.2 Å². The van der Waals surface area contributed by atoms with E-state index in [1.807, 2.05) is 13.8 Å². The summed E-state index contributed by atoms with van der Waals surface area (Å²) in [6.07, 6.45) is -12.4. The minimum absolute atomic E-state index is 0.0129. The third kappa shape index (κ3) is 3.88. The first kappa shape index (κ1) is 25.0. The zero-order chi connectivity index (χ0) is 23.9. The summed E-state index contributed by atoms with van der Waals surface area (Å²) in [6, 6.07) is 6.58. The molecule has 170 valence electrons. The maximum Gasteiger partial charge on any atom is 0.435 e. The molecule has 0 bridgehead atoms. The van der Waals surface area contributed by atoms with Crippen LogP contribution >= 0.6 is 11.6 Å². The number of amides is 1. The molecule has 2 nitrogen and oxygen atoms in total. The number of alkyl halides is 8. The van der Waals surface area contributed by atoms with Crippen molar-refractivity contribution in [3.63, 3.8) is 0 Å². The summed E-state index contributed by atoms with van der Waals surface area (Å²) < 4.78 is 92.2. The van der Waals surface area contributed by atoms with Crippen LogP contribution in [-0.2, 0) is 5.67 Å². The van der Waals surface area contributed by atoms with Crippen molar-refractivity contribution in [3.8, 4) is 0 Å². The van der Waals surface area contributed by atoms with Gasteiger partial charge in [0.25, 0.3) is 5.91 Å². The van der Waals surface area contributed by atoms with Gasteiger partial charge in [0.1, 0.15) is 5.50 Å². The molecule has 1 aliphatic heterocycles. The highest BCUT2D eigenvalue weighted by Gasteiger charge is 2.73. The highest BCUT2D eigenvalue weighted by molar-refractivity contribution is 6.29. The summed E-state index contributed by atoms with van der Waals surface area (Å²) in [5.41, 5.74) is -6.96. The number of hydrogen-bond acceptors (Lipinski definition) is 1. The van der Waals surface area contributed by atoms with Gasteiger partial charge in [0, 0.05) is 22.4 Å². The molecule has 0 saturated heterocycles. The van der Waals surface area contributed by atoms with Gasteiger partial charge in [-0.05, 0) is 31.0 Å². The van der Waals surface area contributed by atoms with Gasteiger partial charge < -0.3 is 0 Å². The molecule has 1 aliphatic rings. The smallest absolute Gasteiger partial charge is 0.287 e. The SMILES string of the molecule is CC.Cc1cc(C(F)(C(F)(F)F)C(F)(F)F)ccc1N1C(=O)c2c(C)cccc2C1Cl. The van der Waals surface area contributed by atoms with Gasteiger partial charge in [-0.3, -0.25) is 9.69 Å². The Morgan fingerprint density at radius 1 is 0.871 bits per heavy atom. The number of rotatable bonds is 2. The average molecular weight is 470 g/mol. The van der Waals surface area contributed by atoms with E-state index in [1.165, 1.54) is 6.92 Å². The summed E-state index contributed by atoms with van der Waals surface area (Å²) in [5, 5.41) is 0. The lowest BCUT2D eigenvalue weighted by Crippen LogP contribution is -2.50. The van der Waals surface area contributed by atoms with E-state index in [4.69, 9.17) is 11.6 Å². The Bertz CT molecular complexity index is 971. The van der Waals surface area contributed by atoms with E-state index < -0.39 is 35.0 Å². The number of carbonyl (C=O) groups is 1. The van der Waals surface area contributed by atoms with E-state index in [9.17, 15) is 35.5 Å². The van der Waals surface area contributed by atoms with Crippen LogP contribution in [0.5, 0.6) is 0 Å². The summed E-state index contributed by atoms with van der Waals surface area (Å²) in [5.74, 6) is -0.549. The first-order valence-electron chi connectivity index (χ1n) is 9.22. The molecule has 0 N–H and O–H groups in total. The second-order valence-electron chi connectivity index (χ2n) is 6.71. The molecule has 3 rings (SSSR count). The molecule has 1 amide bonds. The minimum atomic E-state index is -6.22. The van der Waals surface area contributed by atoms with Gasteiger partial charge >= 0.3 is 18.0 Å². The van der Waals surface area contributed by atoms with Crippen LogP contribution in [0.4, 0.5) is 36.4 Å². The predicted molar refractivity (Wildman–Crippen MR) is 104 cm³/mol. The van der Waals surface area contributed by atoms with Crippen molar-refractivity contribution in [2.24, 2.45) is 0 Å². The third-order valence-corrected chi connectivity index (χ3v) is 5.29. The molecule has 0 aromatic heterocycles. The van der Waals surface area contributed by atoms with Gasteiger partial charge in [-0.1, -0.05) is 55.8 Å². The number of fused-ring (bicyclic) bond motifs is 1. The van der Waals surface area contributed by atoms with E-state index in [-0.39, 0.29) is 11.3 Å². The molecule has 0 radical (unpaired) electrons. The number of anilines is 1. The normalized spacial score (nSPS) is 16.7. The summed E-state index contributed by atoms with van der Waals surface area (Å²) in [6.45, 7) is 6.85. The topological polar surface area (TPSA) is 20.3 Å². The van der Waals surface area contributed by atoms with Crippen molar-refractivity contribution in [2.75, 3.05) is 4.90 Å². The van der Waals surface area contributed by atoms with Crippen molar-refractivity contribution in [1.82, 2.24) is 0 Å². The fourth-order valence-electron chi connectivity index (χ4n) is 3.40. The van der Waals surface area contributed by atoms with Crippen LogP contribution in [0, 0.1) is 13.8 Å². The van der Waals surface area contributed by atoms with Gasteiger partial charge in [0.15, 0.2) is 0 Å². The quantitative estimate of drug-likeness (QED) is 0.253. The highest BCUT2D eigenvalue weighted by atomic mass is 35.5. The molecule has 0 spiro atoms. The largest absolute Gasteiger partial charge is 0.435 e. The molecule has 31 heavy (non-hydrogen) atoms. The van der Waals surface area contributed by atoms with Crippen molar-refractivity contribution in [3.05, 3.63) is 64.2 Å². The van der Waals surface area contributed by atoms with E-state index in [1.54, 1.807) is 25.1 Å². The number of hydrogen-bond donors (Lipinski definition) is 0. The highest BCUT2D eigenvalue weighted by Crippen LogP contribution is 2.54. The van der Waals surface area contributed by atoms with Gasteiger partial charge in [-0.2, -0.15) is 26.3 Å². The molecule has 1 heterocycles. The summed E-state index contributed by atoms with van der Waals surface area (Å²) >= 11 is 6.33. The van der Waals surface area contributed by atoms with Gasteiger partial charge in [-0.15, -0.1) is 0 Å². The van der Waals surface area contributed by atoms with Crippen molar-refractivity contribution >= 4 is 23.2 Å². The number of benzene rings is 2. The zero-order valence-corrected chi connectivity index (χ0v) is 17.7. The second kappa shape index (κ2) is 8.33.